The molecular weight excluding hydrogens is 262 g/mol. The highest BCUT2D eigenvalue weighted by molar-refractivity contribution is 7.91. The molecule has 0 bridgehead atoms. The van der Waals surface area contributed by atoms with E-state index in [1.165, 1.54) is 0 Å². The first-order chi connectivity index (χ1) is 8.97. The maximum absolute atomic E-state index is 12.2. The number of fused-ring (bicyclic) bond motifs is 1. The summed E-state index contributed by atoms with van der Waals surface area (Å²) in [5.74, 6) is -0.252. The van der Waals surface area contributed by atoms with Gasteiger partial charge in [0.1, 0.15) is 0 Å². The van der Waals surface area contributed by atoms with E-state index in [0.717, 1.165) is 11.1 Å². The fourth-order valence-corrected chi connectivity index (χ4v) is 3.42. The van der Waals surface area contributed by atoms with Crippen molar-refractivity contribution in [2.45, 2.75) is 4.90 Å². The van der Waals surface area contributed by atoms with Crippen LogP contribution in [0, 0.1) is 0 Å². The van der Waals surface area contributed by atoms with Crippen molar-refractivity contribution in [1.82, 2.24) is 0 Å². The Kier molecular flexibility index (Phi) is 3.78. The summed E-state index contributed by atoms with van der Waals surface area (Å²) in [5.41, 5.74) is 0.971. The van der Waals surface area contributed by atoms with Crippen molar-refractivity contribution >= 4 is 26.3 Å². The van der Waals surface area contributed by atoms with Gasteiger partial charge in [-0.2, -0.15) is 0 Å². The summed E-state index contributed by atoms with van der Waals surface area (Å²) in [5, 5.41) is 10.5. The molecule has 0 fully saturated rings. The predicted octanol–water partition coefficient (Wildman–Crippen LogP) is 1.67. The predicted molar refractivity (Wildman–Crippen MR) is 77.4 cm³/mol. The van der Waals surface area contributed by atoms with Crippen molar-refractivity contribution in [3.63, 3.8) is 0 Å². The van der Waals surface area contributed by atoms with E-state index in [9.17, 15) is 8.42 Å². The van der Waals surface area contributed by atoms with E-state index in [4.69, 9.17) is 5.11 Å². The number of anilines is 1. The Morgan fingerprint density at radius 2 is 1.68 bits per heavy atom. The minimum atomic E-state index is -3.45. The van der Waals surface area contributed by atoms with Crippen LogP contribution in [0.2, 0.25) is 0 Å². The number of rotatable bonds is 4. The zero-order chi connectivity index (χ0) is 14.0. The number of nitrogens with zero attached hydrogens (tertiary/aromatic N) is 1. The number of benzene rings is 2. The molecule has 5 heteroatoms. The molecule has 0 aliphatic heterocycles. The quantitative estimate of drug-likeness (QED) is 0.925. The number of hydrogen-bond donors (Lipinski definition) is 1. The van der Waals surface area contributed by atoms with Gasteiger partial charge in [-0.1, -0.05) is 24.3 Å². The average Bonchev–Trinajstić information content (AvgIpc) is 2.37. The lowest BCUT2D eigenvalue weighted by atomic mass is 10.1. The van der Waals surface area contributed by atoms with E-state index in [-0.39, 0.29) is 17.3 Å². The normalized spacial score (nSPS) is 11.7. The Morgan fingerprint density at radius 1 is 1.05 bits per heavy atom. The summed E-state index contributed by atoms with van der Waals surface area (Å²) >= 11 is 0. The zero-order valence-electron chi connectivity index (χ0n) is 11.0. The van der Waals surface area contributed by atoms with Gasteiger partial charge in [0, 0.05) is 30.6 Å². The van der Waals surface area contributed by atoms with Crippen LogP contribution in [-0.4, -0.2) is 40.0 Å². The molecule has 2 rings (SSSR count). The molecule has 2 aromatic rings. The van der Waals surface area contributed by atoms with Crippen LogP contribution < -0.4 is 4.90 Å². The molecule has 0 unspecified atom stereocenters. The summed E-state index contributed by atoms with van der Waals surface area (Å²) in [6.07, 6.45) is 0. The minimum Gasteiger partial charge on any atom is -0.395 e. The number of hydrogen-bond acceptors (Lipinski definition) is 4. The van der Waals surface area contributed by atoms with E-state index in [2.05, 4.69) is 0 Å². The lowest BCUT2D eigenvalue weighted by molar-refractivity contribution is 0.319. The molecule has 2 aromatic carbocycles. The first-order valence-corrected chi connectivity index (χ1v) is 7.65. The first-order valence-electron chi connectivity index (χ1n) is 6.00. The van der Waals surface area contributed by atoms with Crippen LogP contribution in [-0.2, 0) is 9.84 Å². The van der Waals surface area contributed by atoms with E-state index >= 15 is 0 Å². The lowest BCUT2D eigenvalue weighted by Gasteiger charge is -2.16. The minimum absolute atomic E-state index is 0.252. The second kappa shape index (κ2) is 5.19. The third-order valence-electron chi connectivity index (χ3n) is 3.04. The van der Waals surface area contributed by atoms with Gasteiger partial charge >= 0.3 is 0 Å². The Morgan fingerprint density at radius 3 is 2.32 bits per heavy atom. The number of aliphatic hydroxyl groups is 1. The van der Waals surface area contributed by atoms with Gasteiger partial charge in [-0.05, 0) is 12.1 Å². The number of sulfone groups is 1. The molecule has 0 saturated carbocycles. The van der Waals surface area contributed by atoms with Crippen LogP contribution >= 0.6 is 0 Å². The van der Waals surface area contributed by atoms with Crippen molar-refractivity contribution in [2.24, 2.45) is 0 Å². The number of aliphatic hydroxyl groups excluding tert-OH is 1. The van der Waals surface area contributed by atoms with Gasteiger partial charge in [0.25, 0.3) is 0 Å². The monoisotopic (exact) mass is 279 g/mol. The molecule has 4 nitrogen and oxygen atoms in total. The summed E-state index contributed by atoms with van der Waals surface area (Å²) < 4.78 is 24.3. The smallest absolute Gasteiger partial charge is 0.181 e. The first kappa shape index (κ1) is 13.8. The van der Waals surface area contributed by atoms with Crippen molar-refractivity contribution in [3.8, 4) is 0 Å². The molecule has 0 aliphatic carbocycles. The lowest BCUT2D eigenvalue weighted by Crippen LogP contribution is -2.12. The van der Waals surface area contributed by atoms with Crippen LogP contribution in [0.1, 0.15) is 0 Å². The van der Waals surface area contributed by atoms with Crippen LogP contribution in [0.25, 0.3) is 10.8 Å². The Bertz CT molecular complexity index is 693. The van der Waals surface area contributed by atoms with Gasteiger partial charge in [-0.15, -0.1) is 0 Å². The molecule has 0 saturated heterocycles. The second-order valence-electron chi connectivity index (χ2n) is 4.57. The molecule has 19 heavy (non-hydrogen) atoms. The van der Waals surface area contributed by atoms with Gasteiger partial charge < -0.3 is 10.0 Å². The zero-order valence-corrected chi connectivity index (χ0v) is 11.8. The fraction of sp³-hybridized carbons (Fsp3) is 0.286. The summed E-state index contributed by atoms with van der Waals surface area (Å²) in [6.45, 7) is -0.369. The molecule has 1 N–H and O–H groups in total. The average molecular weight is 279 g/mol. The van der Waals surface area contributed by atoms with Gasteiger partial charge in [0.05, 0.1) is 17.3 Å². The highest BCUT2D eigenvalue weighted by Gasteiger charge is 2.17. The van der Waals surface area contributed by atoms with Crippen LogP contribution in [0.15, 0.2) is 41.3 Å². The molecule has 0 atom stereocenters. The van der Waals surface area contributed by atoms with Crippen molar-refractivity contribution in [1.29, 1.82) is 0 Å². The van der Waals surface area contributed by atoms with Gasteiger partial charge in [0.2, 0.25) is 0 Å². The van der Waals surface area contributed by atoms with E-state index in [1.807, 2.05) is 37.2 Å². The third kappa shape index (κ3) is 2.57. The van der Waals surface area contributed by atoms with Crippen LogP contribution in [0.4, 0.5) is 5.69 Å². The van der Waals surface area contributed by atoms with E-state index in [0.29, 0.717) is 5.39 Å². The molecule has 0 spiro atoms. The highest BCUT2D eigenvalue weighted by atomic mass is 32.2. The van der Waals surface area contributed by atoms with Crippen LogP contribution in [0.3, 0.4) is 0 Å². The Labute approximate surface area is 113 Å². The Balaban J connectivity index is 2.75. The Hall–Kier alpha value is -1.59. The summed E-state index contributed by atoms with van der Waals surface area (Å²) in [4.78, 5) is 2.23. The van der Waals surface area contributed by atoms with Crippen molar-refractivity contribution in [3.05, 3.63) is 36.4 Å². The maximum atomic E-state index is 12.2. The standard InChI is InChI=1S/C14H17NO3S/c1-15(2)13-7-3-6-12-11(13)5-4-8-14(12)19(17,18)10-9-16/h3-8,16H,9-10H2,1-2H3. The summed E-state index contributed by atoms with van der Waals surface area (Å²) in [6, 6.07) is 10.8. The largest absolute Gasteiger partial charge is 0.395 e. The molecule has 0 aromatic heterocycles. The summed E-state index contributed by atoms with van der Waals surface area (Å²) in [7, 11) is 0.393. The maximum Gasteiger partial charge on any atom is 0.181 e. The second-order valence-corrected chi connectivity index (χ2v) is 6.64. The van der Waals surface area contributed by atoms with Crippen molar-refractivity contribution < 1.29 is 13.5 Å². The topological polar surface area (TPSA) is 57.6 Å². The SMILES string of the molecule is CN(C)c1cccc2c(S(=O)(=O)CCO)cccc12. The molecule has 0 heterocycles. The van der Waals surface area contributed by atoms with E-state index < -0.39 is 9.84 Å². The van der Waals surface area contributed by atoms with Gasteiger partial charge in [-0.3, -0.25) is 0 Å². The van der Waals surface area contributed by atoms with E-state index in [1.54, 1.807) is 18.2 Å². The third-order valence-corrected chi connectivity index (χ3v) is 4.78. The van der Waals surface area contributed by atoms with Crippen LogP contribution in [0.5, 0.6) is 0 Å². The van der Waals surface area contributed by atoms with Gasteiger partial charge in [0.15, 0.2) is 9.84 Å². The molecular formula is C14H17NO3S. The molecule has 102 valence electrons. The molecule has 0 amide bonds. The highest BCUT2D eigenvalue weighted by Crippen LogP contribution is 2.30. The van der Waals surface area contributed by atoms with Crippen molar-refractivity contribution in [2.75, 3.05) is 31.4 Å². The molecule has 0 aliphatic rings. The molecule has 0 radical (unpaired) electrons. The fourth-order valence-electron chi connectivity index (χ4n) is 2.16. The van der Waals surface area contributed by atoms with Gasteiger partial charge in [-0.25, -0.2) is 8.42 Å².